The quantitative estimate of drug-likeness (QED) is 0.555. The molecule has 156 valence electrons. The molecule has 1 aliphatic carbocycles. The summed E-state index contributed by atoms with van der Waals surface area (Å²) >= 11 is 0. The van der Waals surface area contributed by atoms with Crippen molar-refractivity contribution in [3.8, 4) is 0 Å². The molecular formula is C25H27NO4. The lowest BCUT2D eigenvalue weighted by Crippen LogP contribution is -2.46. The molecule has 1 aliphatic heterocycles. The molecule has 1 heterocycles. The monoisotopic (exact) mass is 405 g/mol. The van der Waals surface area contributed by atoms with Gasteiger partial charge in [0.25, 0.3) is 5.91 Å². The topological polar surface area (TPSA) is 63.7 Å². The van der Waals surface area contributed by atoms with Crippen LogP contribution in [0.25, 0.3) is 0 Å². The van der Waals surface area contributed by atoms with E-state index in [0.29, 0.717) is 11.5 Å². The van der Waals surface area contributed by atoms with Gasteiger partial charge in [-0.3, -0.25) is 9.59 Å². The summed E-state index contributed by atoms with van der Waals surface area (Å²) in [6, 6.07) is 15.4. The third-order valence-corrected chi connectivity index (χ3v) is 6.40. The van der Waals surface area contributed by atoms with Gasteiger partial charge in [-0.15, -0.1) is 0 Å². The molecule has 1 amide bonds. The van der Waals surface area contributed by atoms with Crippen LogP contribution >= 0.6 is 0 Å². The Kier molecular flexibility index (Phi) is 6.26. The fraction of sp³-hybridized carbons (Fsp3) is 0.400. The third-order valence-electron chi connectivity index (χ3n) is 6.40. The van der Waals surface area contributed by atoms with E-state index in [1.165, 1.54) is 25.7 Å². The molecule has 4 rings (SSSR count). The van der Waals surface area contributed by atoms with Crippen molar-refractivity contribution in [2.24, 2.45) is 11.8 Å². The van der Waals surface area contributed by atoms with Gasteiger partial charge in [0.15, 0.2) is 12.4 Å². The SMILES string of the molecule is O=C(OCC(=O)N1CC[C@H]2CCCC[C@@H]2C1)c1ccccc1C(=O)c1ccccc1. The highest BCUT2D eigenvalue weighted by Crippen LogP contribution is 2.36. The molecule has 0 unspecified atom stereocenters. The molecule has 2 aromatic carbocycles. The van der Waals surface area contributed by atoms with Crippen LogP contribution in [-0.2, 0) is 9.53 Å². The first-order valence-electron chi connectivity index (χ1n) is 10.8. The van der Waals surface area contributed by atoms with Crippen molar-refractivity contribution in [1.29, 1.82) is 0 Å². The average molecular weight is 405 g/mol. The Morgan fingerprint density at radius 3 is 2.27 bits per heavy atom. The van der Waals surface area contributed by atoms with Gasteiger partial charge >= 0.3 is 5.97 Å². The highest BCUT2D eigenvalue weighted by Gasteiger charge is 2.33. The minimum atomic E-state index is -0.643. The predicted molar refractivity (Wildman–Crippen MR) is 113 cm³/mol. The van der Waals surface area contributed by atoms with Crippen molar-refractivity contribution < 1.29 is 19.1 Å². The Balaban J connectivity index is 1.39. The number of hydrogen-bond donors (Lipinski definition) is 0. The van der Waals surface area contributed by atoms with Crippen LogP contribution in [0, 0.1) is 11.8 Å². The lowest BCUT2D eigenvalue weighted by atomic mass is 9.75. The summed E-state index contributed by atoms with van der Waals surface area (Å²) in [6.07, 6.45) is 6.04. The van der Waals surface area contributed by atoms with Gasteiger partial charge in [0.05, 0.1) is 5.56 Å². The lowest BCUT2D eigenvalue weighted by molar-refractivity contribution is -0.137. The molecular weight excluding hydrogens is 378 g/mol. The smallest absolute Gasteiger partial charge is 0.339 e. The van der Waals surface area contributed by atoms with Crippen molar-refractivity contribution in [2.75, 3.05) is 19.7 Å². The van der Waals surface area contributed by atoms with E-state index in [-0.39, 0.29) is 29.4 Å². The van der Waals surface area contributed by atoms with Gasteiger partial charge in [-0.1, -0.05) is 67.8 Å². The Bertz CT molecular complexity index is 924. The number of piperidine rings is 1. The third kappa shape index (κ3) is 4.45. The van der Waals surface area contributed by atoms with Gasteiger partial charge in [0.1, 0.15) is 0 Å². The highest BCUT2D eigenvalue weighted by molar-refractivity contribution is 6.14. The van der Waals surface area contributed by atoms with Crippen LogP contribution in [0.1, 0.15) is 58.4 Å². The minimum absolute atomic E-state index is 0.153. The second-order valence-electron chi connectivity index (χ2n) is 8.25. The Hall–Kier alpha value is -2.95. The van der Waals surface area contributed by atoms with E-state index in [9.17, 15) is 14.4 Å². The summed E-state index contributed by atoms with van der Waals surface area (Å²) in [6.45, 7) is 1.22. The van der Waals surface area contributed by atoms with E-state index >= 15 is 0 Å². The summed E-state index contributed by atoms with van der Waals surface area (Å²) in [5.74, 6) is 0.279. The van der Waals surface area contributed by atoms with Gasteiger partial charge in [-0.05, 0) is 30.7 Å². The molecule has 0 spiro atoms. The molecule has 1 saturated heterocycles. The number of fused-ring (bicyclic) bond motifs is 1. The van der Waals surface area contributed by atoms with E-state index < -0.39 is 5.97 Å². The number of esters is 1. The van der Waals surface area contributed by atoms with Crippen molar-refractivity contribution >= 4 is 17.7 Å². The number of carbonyl (C=O) groups is 3. The number of benzene rings is 2. The molecule has 0 bridgehead atoms. The molecule has 0 N–H and O–H groups in total. The molecule has 1 saturated carbocycles. The largest absolute Gasteiger partial charge is 0.452 e. The Labute approximate surface area is 177 Å². The zero-order valence-corrected chi connectivity index (χ0v) is 17.1. The number of ether oxygens (including phenoxy) is 1. The Morgan fingerprint density at radius 2 is 1.50 bits per heavy atom. The van der Waals surface area contributed by atoms with Crippen LogP contribution in [0.2, 0.25) is 0 Å². The summed E-state index contributed by atoms with van der Waals surface area (Å²) in [7, 11) is 0. The molecule has 0 radical (unpaired) electrons. The number of rotatable bonds is 5. The maximum absolute atomic E-state index is 12.8. The number of nitrogens with zero attached hydrogens (tertiary/aromatic N) is 1. The van der Waals surface area contributed by atoms with E-state index in [1.54, 1.807) is 48.5 Å². The summed E-state index contributed by atoms with van der Waals surface area (Å²) < 4.78 is 5.32. The maximum atomic E-state index is 12.8. The van der Waals surface area contributed by atoms with Gasteiger partial charge in [0, 0.05) is 24.2 Å². The summed E-state index contributed by atoms with van der Waals surface area (Å²) in [5, 5.41) is 0. The fourth-order valence-electron chi connectivity index (χ4n) is 4.73. The van der Waals surface area contributed by atoms with Gasteiger partial charge in [-0.25, -0.2) is 4.79 Å². The van der Waals surface area contributed by atoms with E-state index in [0.717, 1.165) is 25.4 Å². The second-order valence-corrected chi connectivity index (χ2v) is 8.25. The van der Waals surface area contributed by atoms with E-state index in [4.69, 9.17) is 4.74 Å². The highest BCUT2D eigenvalue weighted by atomic mass is 16.5. The predicted octanol–water partition coefficient (Wildman–Crippen LogP) is 4.11. The molecule has 30 heavy (non-hydrogen) atoms. The van der Waals surface area contributed by atoms with Crippen molar-refractivity contribution in [3.05, 3.63) is 71.3 Å². The molecule has 2 fully saturated rings. The van der Waals surface area contributed by atoms with Crippen LogP contribution in [0.5, 0.6) is 0 Å². The molecule has 2 aromatic rings. The van der Waals surface area contributed by atoms with Crippen LogP contribution < -0.4 is 0 Å². The average Bonchev–Trinajstić information content (AvgIpc) is 2.82. The zero-order chi connectivity index (χ0) is 20.9. The van der Waals surface area contributed by atoms with Crippen molar-refractivity contribution in [3.63, 3.8) is 0 Å². The van der Waals surface area contributed by atoms with Crippen LogP contribution in [-0.4, -0.2) is 42.3 Å². The van der Waals surface area contributed by atoms with Crippen LogP contribution in [0.15, 0.2) is 54.6 Å². The zero-order valence-electron chi connectivity index (χ0n) is 17.1. The number of ketones is 1. The van der Waals surface area contributed by atoms with Crippen molar-refractivity contribution in [1.82, 2.24) is 4.90 Å². The Morgan fingerprint density at radius 1 is 0.833 bits per heavy atom. The second kappa shape index (κ2) is 9.24. The van der Waals surface area contributed by atoms with Crippen molar-refractivity contribution in [2.45, 2.75) is 32.1 Å². The number of carbonyl (C=O) groups excluding carboxylic acids is 3. The number of hydrogen-bond acceptors (Lipinski definition) is 4. The summed E-state index contributed by atoms with van der Waals surface area (Å²) in [5.41, 5.74) is 0.971. The van der Waals surface area contributed by atoms with Crippen LogP contribution in [0.4, 0.5) is 0 Å². The first-order chi connectivity index (χ1) is 14.6. The van der Waals surface area contributed by atoms with Crippen LogP contribution in [0.3, 0.4) is 0 Å². The summed E-state index contributed by atoms with van der Waals surface area (Å²) in [4.78, 5) is 39.9. The number of likely N-dealkylation sites (tertiary alicyclic amines) is 1. The standard InChI is InChI=1S/C25H27NO4/c27-23(26-15-14-18-8-4-5-11-20(18)16-26)17-30-25(29)22-13-7-6-12-21(22)24(28)19-9-2-1-3-10-19/h1-3,6-7,9-10,12-13,18,20H,4-5,8,11,14-17H2/t18-,20-/m1/s1. The lowest BCUT2D eigenvalue weighted by Gasteiger charge is -2.41. The number of amides is 1. The van der Waals surface area contributed by atoms with Gasteiger partial charge in [0.2, 0.25) is 0 Å². The molecule has 5 nitrogen and oxygen atoms in total. The van der Waals surface area contributed by atoms with Gasteiger partial charge < -0.3 is 9.64 Å². The van der Waals surface area contributed by atoms with Gasteiger partial charge in [-0.2, -0.15) is 0 Å². The fourth-order valence-corrected chi connectivity index (χ4v) is 4.73. The first kappa shape index (κ1) is 20.3. The van der Waals surface area contributed by atoms with E-state index in [1.807, 2.05) is 11.0 Å². The molecule has 5 heteroatoms. The maximum Gasteiger partial charge on any atom is 0.339 e. The normalized spacial score (nSPS) is 20.9. The molecule has 2 atom stereocenters. The first-order valence-corrected chi connectivity index (χ1v) is 10.8. The minimum Gasteiger partial charge on any atom is -0.452 e. The molecule has 2 aliphatic rings. The van der Waals surface area contributed by atoms with E-state index in [2.05, 4.69) is 0 Å². The molecule has 0 aromatic heterocycles.